The second-order valence-electron chi connectivity index (χ2n) is 13.3. The summed E-state index contributed by atoms with van der Waals surface area (Å²) in [4.78, 5) is 79.8. The first kappa shape index (κ1) is 35.9. The molecule has 4 aromatic rings. The summed E-state index contributed by atoms with van der Waals surface area (Å²) < 4.78 is 6.82. The number of piperidine rings is 1. The Morgan fingerprint density at radius 1 is 0.981 bits per heavy atom. The number of rotatable bonds is 10. The second kappa shape index (κ2) is 16.0. The van der Waals surface area contributed by atoms with Crippen LogP contribution in [-0.2, 0) is 32.6 Å². The molecule has 2 fully saturated rings. The van der Waals surface area contributed by atoms with Gasteiger partial charge in [-0.05, 0) is 24.5 Å². The van der Waals surface area contributed by atoms with Crippen molar-refractivity contribution >= 4 is 35.8 Å². The maximum Gasteiger partial charge on any atom is 0.289 e. The van der Waals surface area contributed by atoms with E-state index in [1.54, 1.807) is 71.1 Å². The molecule has 5 atom stereocenters. The van der Waals surface area contributed by atoms with Gasteiger partial charge in [-0.25, -0.2) is 9.98 Å². The van der Waals surface area contributed by atoms with Crippen LogP contribution in [0, 0.1) is 24.7 Å². The summed E-state index contributed by atoms with van der Waals surface area (Å²) in [5.41, 5.74) is 2.17. The van der Waals surface area contributed by atoms with Crippen LogP contribution in [0.25, 0.3) is 0 Å². The van der Waals surface area contributed by atoms with Gasteiger partial charge in [-0.2, -0.15) is 0 Å². The zero-order valence-corrected chi connectivity index (χ0v) is 29.3. The van der Waals surface area contributed by atoms with Crippen LogP contribution in [0.5, 0.6) is 0 Å². The Hall–Kier alpha value is -5.92. The van der Waals surface area contributed by atoms with Crippen LogP contribution in [-0.4, -0.2) is 93.5 Å². The number of aromatic nitrogens is 3. The molecular weight excluding hydrogens is 664 g/mol. The fourth-order valence-corrected chi connectivity index (χ4v) is 7.04. The van der Waals surface area contributed by atoms with Crippen LogP contribution in [0.3, 0.4) is 0 Å². The average molecular weight is 707 g/mol. The minimum absolute atomic E-state index is 0.0252. The zero-order valence-electron chi connectivity index (χ0n) is 29.3. The predicted octanol–water partition coefficient (Wildman–Crippen LogP) is 2.48. The van der Waals surface area contributed by atoms with Crippen molar-refractivity contribution in [2.75, 3.05) is 33.2 Å². The summed E-state index contributed by atoms with van der Waals surface area (Å²) in [5.74, 6) is -3.30. The van der Waals surface area contributed by atoms with E-state index in [4.69, 9.17) is 4.52 Å². The predicted molar refractivity (Wildman–Crippen MR) is 190 cm³/mol. The number of aliphatic imine (C=N–C) groups is 1. The Kier molecular flexibility index (Phi) is 11.0. The first-order chi connectivity index (χ1) is 25.1. The molecule has 270 valence electrons. The fourth-order valence-electron chi connectivity index (χ4n) is 7.04. The number of likely N-dealkylation sites (tertiary alicyclic amines) is 2. The number of hydrogen-bond donors (Lipinski definition) is 2. The van der Waals surface area contributed by atoms with Crippen molar-refractivity contribution in [1.82, 2.24) is 35.1 Å². The molecule has 0 saturated carbocycles. The van der Waals surface area contributed by atoms with Gasteiger partial charge in [0.05, 0.1) is 24.0 Å². The number of likely N-dealkylation sites (N-methyl/N-ethyl adjacent to an activating group) is 1. The van der Waals surface area contributed by atoms with Gasteiger partial charge >= 0.3 is 0 Å². The molecule has 0 bridgehead atoms. The topological polar surface area (TPSA) is 172 Å². The summed E-state index contributed by atoms with van der Waals surface area (Å²) in [5, 5.41) is 9.33. The number of imidazole rings is 1. The summed E-state index contributed by atoms with van der Waals surface area (Å²) in [6.45, 7) is 2.60. The lowest BCUT2D eigenvalue weighted by molar-refractivity contribution is -0.141. The summed E-state index contributed by atoms with van der Waals surface area (Å²) >= 11 is 0. The van der Waals surface area contributed by atoms with Crippen LogP contribution in [0.15, 0.2) is 88.6 Å². The molecule has 0 spiro atoms. The third kappa shape index (κ3) is 8.01. The zero-order chi connectivity index (χ0) is 36.8. The first-order valence-electron chi connectivity index (χ1n) is 17.3. The average Bonchev–Trinajstić information content (AvgIpc) is 3.92. The first-order valence-corrected chi connectivity index (χ1v) is 17.3. The molecule has 1 unspecified atom stereocenters. The third-order valence-electron chi connectivity index (χ3n) is 9.82. The van der Waals surface area contributed by atoms with Gasteiger partial charge in [-0.3, -0.25) is 24.0 Å². The van der Waals surface area contributed by atoms with Gasteiger partial charge in [-0.15, -0.1) is 0 Å². The summed E-state index contributed by atoms with van der Waals surface area (Å²) in [7, 11) is 3.25. The molecule has 0 radical (unpaired) electrons. The molecule has 2 saturated heterocycles. The molecule has 2 aromatic carbocycles. The van der Waals surface area contributed by atoms with E-state index >= 15 is 0 Å². The third-order valence-corrected chi connectivity index (χ3v) is 9.82. The number of nitrogens with one attached hydrogen (secondary N) is 2. The van der Waals surface area contributed by atoms with Gasteiger partial charge in [0.2, 0.25) is 17.7 Å². The molecule has 2 aliphatic heterocycles. The lowest BCUT2D eigenvalue weighted by Crippen LogP contribution is -2.53. The molecule has 14 heteroatoms. The maximum absolute atomic E-state index is 14.5. The molecule has 0 aliphatic carbocycles. The van der Waals surface area contributed by atoms with E-state index in [-0.39, 0.29) is 43.1 Å². The van der Waals surface area contributed by atoms with Crippen molar-refractivity contribution in [2.45, 2.75) is 31.7 Å². The highest BCUT2D eigenvalue weighted by molar-refractivity contribution is 5.94. The van der Waals surface area contributed by atoms with Crippen molar-refractivity contribution in [3.63, 3.8) is 0 Å². The number of nitrogens with zero attached hydrogens (tertiary/aromatic N) is 6. The Morgan fingerprint density at radius 2 is 1.69 bits per heavy atom. The molecule has 2 N–H and O–H groups in total. The molecule has 6 rings (SSSR count). The van der Waals surface area contributed by atoms with Gasteiger partial charge in [0, 0.05) is 76.8 Å². The molecule has 4 heterocycles. The minimum Gasteiger partial charge on any atom is -0.361 e. The standard InChI is InChI=1S/C38H42N8O6/c1-24-18-28(52-43-24)19-32(47)41-20-27-14-16-45(22-30(27)35(48)42-33(36(49)39-2)26-12-8-5-9-13-26)37(50)31-23-46(38(51)34-40-15-17-44(34)3)21-29(31)25-10-6-4-7-11-25/h4-13,15,17-18,20,27,29-31,33H,14,16,19,21-23H2,1-3H3,(H,39,49)(H,42,48)/b41-20-/t27?,29-,30-,31+,33-/m0/s1. The van der Waals surface area contributed by atoms with E-state index in [2.05, 4.69) is 25.8 Å². The normalized spacial score (nSPS) is 20.8. The van der Waals surface area contributed by atoms with E-state index in [9.17, 15) is 24.0 Å². The van der Waals surface area contributed by atoms with Gasteiger partial charge in [0.25, 0.3) is 11.8 Å². The van der Waals surface area contributed by atoms with Crippen molar-refractivity contribution in [2.24, 2.45) is 29.8 Å². The highest BCUT2D eigenvalue weighted by Gasteiger charge is 2.45. The highest BCUT2D eigenvalue weighted by atomic mass is 16.5. The monoisotopic (exact) mass is 706 g/mol. The smallest absolute Gasteiger partial charge is 0.289 e. The van der Waals surface area contributed by atoms with Gasteiger partial charge in [-0.1, -0.05) is 65.8 Å². The summed E-state index contributed by atoms with van der Waals surface area (Å²) in [6.07, 6.45) is 5.00. The molecule has 2 aliphatic rings. The molecule has 14 nitrogen and oxygen atoms in total. The van der Waals surface area contributed by atoms with Crippen LogP contribution in [0.1, 0.15) is 51.6 Å². The Labute approximate surface area is 301 Å². The number of amides is 5. The van der Waals surface area contributed by atoms with Crippen molar-refractivity contribution in [1.29, 1.82) is 0 Å². The quantitative estimate of drug-likeness (QED) is 0.237. The minimum atomic E-state index is -0.985. The van der Waals surface area contributed by atoms with Gasteiger partial charge in [0.1, 0.15) is 11.8 Å². The lowest BCUT2D eigenvalue weighted by atomic mass is 9.83. The number of benzene rings is 2. The SMILES string of the molecule is CNC(=O)[C@@H](NC(=O)[C@H]1CN(C(=O)[C@@H]2CN(C(=O)c3nccn3C)C[C@H]2c2ccccc2)CCC1/C=N\C(=O)Cc1cc(C)no1)c1ccccc1. The van der Waals surface area contributed by atoms with E-state index in [1.807, 2.05) is 36.4 Å². The second-order valence-corrected chi connectivity index (χ2v) is 13.3. The number of hydrogen-bond acceptors (Lipinski definition) is 8. The van der Waals surface area contributed by atoms with Crippen LogP contribution in [0.4, 0.5) is 0 Å². The number of carbonyl (C=O) groups is 5. The van der Waals surface area contributed by atoms with Gasteiger partial charge in [0.15, 0.2) is 5.82 Å². The van der Waals surface area contributed by atoms with Crippen LogP contribution < -0.4 is 10.6 Å². The Balaban J connectivity index is 1.25. The highest BCUT2D eigenvalue weighted by Crippen LogP contribution is 2.36. The van der Waals surface area contributed by atoms with Crippen molar-refractivity contribution in [3.05, 3.63) is 108 Å². The van der Waals surface area contributed by atoms with E-state index < -0.39 is 41.5 Å². The molecule has 5 amide bonds. The van der Waals surface area contributed by atoms with Crippen LogP contribution in [0.2, 0.25) is 0 Å². The molecule has 52 heavy (non-hydrogen) atoms. The molecule has 2 aromatic heterocycles. The molecular formula is C38H42N8O6. The Bertz CT molecular complexity index is 1940. The maximum atomic E-state index is 14.5. The van der Waals surface area contributed by atoms with Crippen molar-refractivity contribution in [3.8, 4) is 0 Å². The van der Waals surface area contributed by atoms with Crippen LogP contribution >= 0.6 is 0 Å². The number of carbonyl (C=O) groups excluding carboxylic acids is 5. The number of aryl methyl sites for hydroxylation is 2. The lowest BCUT2D eigenvalue weighted by Gasteiger charge is -2.38. The largest absolute Gasteiger partial charge is 0.361 e. The van der Waals surface area contributed by atoms with E-state index in [0.29, 0.717) is 36.5 Å². The van der Waals surface area contributed by atoms with Gasteiger partial charge < -0.3 is 29.5 Å². The van der Waals surface area contributed by atoms with Crippen molar-refractivity contribution < 1.29 is 28.5 Å². The van der Waals surface area contributed by atoms with E-state index in [0.717, 1.165) is 5.56 Å². The summed E-state index contributed by atoms with van der Waals surface area (Å²) in [6, 6.07) is 19.2. The van der Waals surface area contributed by atoms with E-state index in [1.165, 1.54) is 13.3 Å². The Morgan fingerprint density at radius 3 is 2.35 bits per heavy atom. The fraction of sp³-hybridized carbons (Fsp3) is 0.368.